The third-order valence-electron chi connectivity index (χ3n) is 2.82. The minimum atomic E-state index is -0.783. The summed E-state index contributed by atoms with van der Waals surface area (Å²) in [6.45, 7) is 1.59. The second-order valence-corrected chi connectivity index (χ2v) is 4.02. The van der Waals surface area contributed by atoms with E-state index in [1.54, 1.807) is 6.92 Å². The molecule has 0 aliphatic heterocycles. The Hall–Kier alpha value is -3.23. The minimum absolute atomic E-state index is 0.0786. The average molecular weight is 291 g/mol. The Labute approximate surface area is 117 Å². The van der Waals surface area contributed by atoms with Gasteiger partial charge in [0.05, 0.1) is 27.9 Å². The molecule has 0 fully saturated rings. The van der Waals surface area contributed by atoms with Crippen LogP contribution in [0.4, 0.5) is 22.7 Å². The highest BCUT2D eigenvalue weighted by Gasteiger charge is 2.25. The summed E-state index contributed by atoms with van der Waals surface area (Å²) in [6, 6.07) is 4.52. The largest absolute Gasteiger partial charge is 0.467 e. The third-order valence-corrected chi connectivity index (χ3v) is 2.82. The Balaban J connectivity index is 2.61. The molecule has 0 bridgehead atoms. The van der Waals surface area contributed by atoms with Crippen molar-refractivity contribution in [2.75, 3.05) is 4.90 Å². The van der Waals surface area contributed by atoms with Crippen molar-refractivity contribution < 1.29 is 19.1 Å². The van der Waals surface area contributed by atoms with Gasteiger partial charge in [-0.1, -0.05) is 0 Å². The number of nitro groups is 2. The molecule has 0 spiro atoms. The van der Waals surface area contributed by atoms with Gasteiger partial charge in [-0.2, -0.15) is 0 Å². The van der Waals surface area contributed by atoms with Crippen molar-refractivity contribution in [1.82, 2.24) is 0 Å². The lowest BCUT2D eigenvalue weighted by Crippen LogP contribution is -2.16. The minimum Gasteiger partial charge on any atom is -0.467 e. The highest BCUT2D eigenvalue weighted by Crippen LogP contribution is 2.36. The van der Waals surface area contributed by atoms with Crippen molar-refractivity contribution in [3.05, 3.63) is 56.5 Å². The first-order valence-electron chi connectivity index (χ1n) is 5.67. The quantitative estimate of drug-likeness (QED) is 0.474. The van der Waals surface area contributed by atoms with E-state index < -0.39 is 21.2 Å². The molecule has 2 rings (SSSR count). The molecule has 0 atom stereocenters. The van der Waals surface area contributed by atoms with Crippen LogP contribution in [0.25, 0.3) is 0 Å². The van der Waals surface area contributed by atoms with Crippen LogP contribution in [0.5, 0.6) is 0 Å². The predicted octanol–water partition coefficient (Wildman–Crippen LogP) is 2.70. The third kappa shape index (κ3) is 2.56. The van der Waals surface area contributed by atoms with Crippen molar-refractivity contribution >= 4 is 29.2 Å². The maximum atomic E-state index is 11.3. The van der Waals surface area contributed by atoms with E-state index in [9.17, 15) is 25.0 Å². The second kappa shape index (κ2) is 5.41. The number of non-ortho nitro benzene ring substituents is 1. The van der Waals surface area contributed by atoms with Crippen molar-refractivity contribution in [3.8, 4) is 0 Å². The van der Waals surface area contributed by atoms with Crippen LogP contribution in [0.1, 0.15) is 5.76 Å². The van der Waals surface area contributed by atoms with Gasteiger partial charge in [-0.25, -0.2) is 0 Å². The summed E-state index contributed by atoms with van der Waals surface area (Å²) in [5.74, 6) is 0.384. The van der Waals surface area contributed by atoms with Crippen molar-refractivity contribution in [3.63, 3.8) is 0 Å². The van der Waals surface area contributed by atoms with E-state index in [0.29, 0.717) is 17.9 Å². The summed E-state index contributed by atoms with van der Waals surface area (Å²) in [5.41, 5.74) is -0.732. The van der Waals surface area contributed by atoms with Crippen LogP contribution >= 0.6 is 0 Å². The van der Waals surface area contributed by atoms with E-state index in [2.05, 4.69) is 0 Å². The summed E-state index contributed by atoms with van der Waals surface area (Å²) >= 11 is 0. The second-order valence-electron chi connectivity index (χ2n) is 4.02. The molecular formula is C12H9N3O6. The van der Waals surface area contributed by atoms with E-state index >= 15 is 0 Å². The predicted molar refractivity (Wildman–Crippen MR) is 71.4 cm³/mol. The first-order valence-corrected chi connectivity index (χ1v) is 5.67. The van der Waals surface area contributed by atoms with Gasteiger partial charge in [-0.15, -0.1) is 0 Å². The molecule has 0 aliphatic carbocycles. The zero-order valence-electron chi connectivity index (χ0n) is 10.8. The summed E-state index contributed by atoms with van der Waals surface area (Å²) in [7, 11) is 0. The van der Waals surface area contributed by atoms with E-state index in [1.807, 2.05) is 0 Å². The maximum Gasteiger partial charge on any atom is 0.300 e. The smallest absolute Gasteiger partial charge is 0.300 e. The number of aryl methyl sites for hydroxylation is 1. The normalized spacial score (nSPS) is 10.1. The molecule has 9 heteroatoms. The number of nitro benzene ring substituents is 2. The molecule has 1 heterocycles. The van der Waals surface area contributed by atoms with Gasteiger partial charge in [0.15, 0.2) is 0 Å². The van der Waals surface area contributed by atoms with Gasteiger partial charge in [-0.3, -0.25) is 29.9 Å². The topological polar surface area (TPSA) is 120 Å². The molecule has 21 heavy (non-hydrogen) atoms. The molecule has 108 valence electrons. The highest BCUT2D eigenvalue weighted by atomic mass is 16.6. The van der Waals surface area contributed by atoms with Gasteiger partial charge >= 0.3 is 0 Å². The Morgan fingerprint density at radius 3 is 2.33 bits per heavy atom. The maximum absolute atomic E-state index is 11.3. The monoisotopic (exact) mass is 291 g/mol. The first-order chi connectivity index (χ1) is 9.95. The Morgan fingerprint density at radius 2 is 1.86 bits per heavy atom. The van der Waals surface area contributed by atoms with Crippen molar-refractivity contribution in [2.45, 2.75) is 6.92 Å². The Bertz CT molecular complexity index is 724. The molecule has 1 amide bonds. The van der Waals surface area contributed by atoms with Crippen LogP contribution in [-0.2, 0) is 4.79 Å². The van der Waals surface area contributed by atoms with E-state index in [4.69, 9.17) is 4.42 Å². The fraction of sp³-hybridized carbons (Fsp3) is 0.0833. The Morgan fingerprint density at radius 1 is 1.14 bits per heavy atom. The van der Waals surface area contributed by atoms with E-state index in [-0.39, 0.29) is 5.69 Å². The molecule has 1 aromatic carbocycles. The van der Waals surface area contributed by atoms with Gasteiger partial charge in [0.2, 0.25) is 6.41 Å². The molecule has 1 aromatic heterocycles. The van der Waals surface area contributed by atoms with Crippen molar-refractivity contribution in [2.24, 2.45) is 0 Å². The summed E-state index contributed by atoms with van der Waals surface area (Å²) < 4.78 is 5.05. The molecule has 0 unspecified atom stereocenters. The zero-order valence-corrected chi connectivity index (χ0v) is 10.8. The number of hydrogen-bond acceptors (Lipinski definition) is 6. The zero-order chi connectivity index (χ0) is 15.6. The van der Waals surface area contributed by atoms with Crippen LogP contribution in [0.3, 0.4) is 0 Å². The summed E-state index contributed by atoms with van der Waals surface area (Å²) in [5, 5.41) is 21.8. The molecule has 0 saturated carbocycles. The van der Waals surface area contributed by atoms with Gasteiger partial charge in [0.25, 0.3) is 11.4 Å². The molecule has 9 nitrogen and oxygen atoms in total. The number of nitrogens with zero attached hydrogens (tertiary/aromatic N) is 3. The van der Waals surface area contributed by atoms with E-state index in [1.165, 1.54) is 12.3 Å². The number of anilines is 2. The van der Waals surface area contributed by atoms with Crippen LogP contribution in [0.2, 0.25) is 0 Å². The van der Waals surface area contributed by atoms with E-state index in [0.717, 1.165) is 23.1 Å². The lowest BCUT2D eigenvalue weighted by Gasteiger charge is -2.16. The highest BCUT2D eigenvalue weighted by molar-refractivity contribution is 5.91. The number of benzene rings is 1. The fourth-order valence-corrected chi connectivity index (χ4v) is 1.85. The summed E-state index contributed by atoms with van der Waals surface area (Å²) in [4.78, 5) is 32.5. The molecule has 0 saturated heterocycles. The molecule has 2 aromatic rings. The molecular weight excluding hydrogens is 282 g/mol. The number of carbonyl (C=O) groups excluding carboxylic acids is 1. The summed E-state index contributed by atoms with van der Waals surface area (Å²) in [6.07, 6.45) is 1.71. The number of hydrogen-bond donors (Lipinski definition) is 0. The molecule has 0 aliphatic rings. The standard InChI is InChI=1S/C12H9N3O6/c1-8-10(4-5-21-8)13(7-16)11-3-2-9(14(17)18)6-12(11)15(19)20/h2-7H,1H3. The molecule has 0 radical (unpaired) electrons. The Kier molecular flexibility index (Phi) is 3.65. The van der Waals surface area contributed by atoms with Crippen LogP contribution < -0.4 is 4.90 Å². The average Bonchev–Trinajstić information content (AvgIpc) is 2.86. The van der Waals surface area contributed by atoms with Gasteiger partial charge in [0, 0.05) is 12.1 Å². The number of carbonyl (C=O) groups is 1. The van der Waals surface area contributed by atoms with Gasteiger partial charge < -0.3 is 4.42 Å². The van der Waals surface area contributed by atoms with Crippen LogP contribution in [0.15, 0.2) is 34.9 Å². The fourth-order valence-electron chi connectivity index (χ4n) is 1.85. The number of rotatable bonds is 5. The van der Waals surface area contributed by atoms with Crippen LogP contribution in [0, 0.1) is 27.2 Å². The number of furan rings is 1. The molecule has 0 N–H and O–H groups in total. The lowest BCUT2D eigenvalue weighted by molar-refractivity contribution is -0.393. The number of amides is 1. The van der Waals surface area contributed by atoms with Crippen LogP contribution in [-0.4, -0.2) is 16.3 Å². The van der Waals surface area contributed by atoms with Gasteiger partial charge in [-0.05, 0) is 13.0 Å². The lowest BCUT2D eigenvalue weighted by atomic mass is 10.2. The van der Waals surface area contributed by atoms with Crippen molar-refractivity contribution in [1.29, 1.82) is 0 Å². The first kappa shape index (κ1) is 14.2. The van der Waals surface area contributed by atoms with Gasteiger partial charge in [0.1, 0.15) is 11.4 Å². The SMILES string of the molecule is Cc1occc1N(C=O)c1ccc([N+](=O)[O-])cc1[N+](=O)[O-].